The summed E-state index contributed by atoms with van der Waals surface area (Å²) in [5, 5.41) is 17.5. The number of hydrogen-bond donors (Lipinski definition) is 2. The van der Waals surface area contributed by atoms with E-state index in [0.29, 0.717) is 0 Å². The molecule has 4 nitrogen and oxygen atoms in total. The summed E-state index contributed by atoms with van der Waals surface area (Å²) in [6, 6.07) is 2.85. The SMILES string of the molecule is N#Cc1nc(CO)c(C(F)F)cc1CN. The molecule has 0 unspecified atom stereocenters. The molecule has 6 heteroatoms. The molecule has 15 heavy (non-hydrogen) atoms. The van der Waals surface area contributed by atoms with Gasteiger partial charge in [0.1, 0.15) is 11.8 Å². The summed E-state index contributed by atoms with van der Waals surface area (Å²) in [6.45, 7) is -0.666. The van der Waals surface area contributed by atoms with Gasteiger partial charge in [-0.25, -0.2) is 13.8 Å². The van der Waals surface area contributed by atoms with Crippen molar-refractivity contribution in [2.45, 2.75) is 19.6 Å². The van der Waals surface area contributed by atoms with Gasteiger partial charge in [-0.1, -0.05) is 0 Å². The number of aromatic nitrogens is 1. The summed E-state index contributed by atoms with van der Waals surface area (Å²) in [5.41, 5.74) is 4.96. The Morgan fingerprint density at radius 3 is 2.67 bits per heavy atom. The van der Waals surface area contributed by atoms with Gasteiger partial charge in [0.15, 0.2) is 0 Å². The fraction of sp³-hybridized carbons (Fsp3) is 0.333. The third-order valence-electron chi connectivity index (χ3n) is 1.92. The second-order valence-electron chi connectivity index (χ2n) is 2.81. The average Bonchev–Trinajstić information content (AvgIpc) is 2.26. The minimum atomic E-state index is -2.74. The molecule has 0 aliphatic carbocycles. The highest BCUT2D eigenvalue weighted by Gasteiger charge is 2.17. The van der Waals surface area contributed by atoms with E-state index in [0.717, 1.165) is 6.07 Å². The zero-order valence-electron chi connectivity index (χ0n) is 7.74. The van der Waals surface area contributed by atoms with Crippen LogP contribution in [0.15, 0.2) is 6.07 Å². The Hall–Kier alpha value is -1.58. The molecule has 0 aliphatic heterocycles. The van der Waals surface area contributed by atoms with Crippen LogP contribution in [0.5, 0.6) is 0 Å². The summed E-state index contributed by atoms with van der Waals surface area (Å²) in [4.78, 5) is 3.63. The number of nitrogens with zero attached hydrogens (tertiary/aromatic N) is 2. The number of pyridine rings is 1. The molecule has 0 bridgehead atoms. The predicted molar refractivity (Wildman–Crippen MR) is 47.7 cm³/mol. The van der Waals surface area contributed by atoms with Crippen LogP contribution in [-0.2, 0) is 13.2 Å². The first kappa shape index (κ1) is 11.5. The largest absolute Gasteiger partial charge is 0.390 e. The second-order valence-corrected chi connectivity index (χ2v) is 2.81. The zero-order valence-corrected chi connectivity index (χ0v) is 7.74. The van der Waals surface area contributed by atoms with E-state index in [1.807, 2.05) is 0 Å². The van der Waals surface area contributed by atoms with Crippen LogP contribution in [0.4, 0.5) is 8.78 Å². The van der Waals surface area contributed by atoms with E-state index in [9.17, 15) is 8.78 Å². The number of aliphatic hydroxyl groups excluding tert-OH is 1. The lowest BCUT2D eigenvalue weighted by atomic mass is 10.1. The highest BCUT2D eigenvalue weighted by Crippen LogP contribution is 2.24. The number of alkyl halides is 2. The van der Waals surface area contributed by atoms with E-state index in [1.165, 1.54) is 0 Å². The van der Waals surface area contributed by atoms with Crippen molar-refractivity contribution in [2.75, 3.05) is 0 Å². The smallest absolute Gasteiger partial charge is 0.265 e. The maximum absolute atomic E-state index is 12.5. The standard InChI is InChI=1S/C9H9F2N3O/c10-9(11)6-1-5(2-12)7(3-13)14-8(6)4-15/h1,9,15H,2,4,12H2. The summed E-state index contributed by atoms with van der Waals surface area (Å²) < 4.78 is 25.0. The Morgan fingerprint density at radius 2 is 2.27 bits per heavy atom. The fourth-order valence-electron chi connectivity index (χ4n) is 1.18. The Bertz CT molecular complexity index is 401. The number of rotatable bonds is 3. The van der Waals surface area contributed by atoms with Gasteiger partial charge in [0, 0.05) is 17.7 Å². The summed E-state index contributed by atoms with van der Waals surface area (Å²) in [7, 11) is 0. The molecule has 0 radical (unpaired) electrons. The fourth-order valence-corrected chi connectivity index (χ4v) is 1.18. The summed E-state index contributed by atoms with van der Waals surface area (Å²) >= 11 is 0. The van der Waals surface area contributed by atoms with E-state index in [2.05, 4.69) is 4.98 Å². The Balaban J connectivity index is 3.36. The van der Waals surface area contributed by atoms with Crippen LogP contribution in [0, 0.1) is 11.3 Å². The predicted octanol–water partition coefficient (Wildman–Crippen LogP) is 0.842. The number of hydrogen-bond acceptors (Lipinski definition) is 4. The van der Waals surface area contributed by atoms with Gasteiger partial charge in [0.25, 0.3) is 6.43 Å². The molecule has 0 spiro atoms. The van der Waals surface area contributed by atoms with Crippen LogP contribution in [0.3, 0.4) is 0 Å². The van der Waals surface area contributed by atoms with Crippen molar-refractivity contribution >= 4 is 0 Å². The van der Waals surface area contributed by atoms with Crippen molar-refractivity contribution in [1.29, 1.82) is 5.26 Å². The maximum Gasteiger partial charge on any atom is 0.265 e. The molecule has 0 aromatic carbocycles. The summed E-state index contributed by atoms with van der Waals surface area (Å²) in [6.07, 6.45) is -2.74. The highest BCUT2D eigenvalue weighted by molar-refractivity contribution is 5.37. The van der Waals surface area contributed by atoms with Gasteiger partial charge in [0.2, 0.25) is 0 Å². The second kappa shape index (κ2) is 4.77. The molecule has 3 N–H and O–H groups in total. The van der Waals surface area contributed by atoms with Gasteiger partial charge < -0.3 is 10.8 Å². The van der Waals surface area contributed by atoms with Crippen LogP contribution >= 0.6 is 0 Å². The molecule has 1 rings (SSSR count). The minimum absolute atomic E-state index is 0.0223. The van der Waals surface area contributed by atoms with Crippen molar-refractivity contribution in [3.05, 3.63) is 28.6 Å². The van der Waals surface area contributed by atoms with Crippen molar-refractivity contribution < 1.29 is 13.9 Å². The van der Waals surface area contributed by atoms with Crippen LogP contribution in [0.1, 0.15) is 28.9 Å². The Kier molecular flexibility index (Phi) is 3.66. The van der Waals surface area contributed by atoms with Gasteiger partial charge in [-0.15, -0.1) is 0 Å². The van der Waals surface area contributed by atoms with E-state index in [-0.39, 0.29) is 29.1 Å². The molecule has 0 aliphatic rings. The monoisotopic (exact) mass is 213 g/mol. The van der Waals surface area contributed by atoms with Gasteiger partial charge in [-0.2, -0.15) is 5.26 Å². The van der Waals surface area contributed by atoms with E-state index in [4.69, 9.17) is 16.1 Å². The lowest BCUT2D eigenvalue weighted by molar-refractivity contribution is 0.146. The first-order valence-electron chi connectivity index (χ1n) is 4.15. The van der Waals surface area contributed by atoms with Crippen molar-refractivity contribution in [1.82, 2.24) is 4.98 Å². The lowest BCUT2D eigenvalue weighted by Gasteiger charge is -2.09. The number of halogens is 2. The van der Waals surface area contributed by atoms with Crippen molar-refractivity contribution in [2.24, 2.45) is 5.73 Å². The van der Waals surface area contributed by atoms with Crippen LogP contribution in [0.25, 0.3) is 0 Å². The van der Waals surface area contributed by atoms with Gasteiger partial charge in [-0.3, -0.25) is 0 Å². The topological polar surface area (TPSA) is 82.9 Å². The van der Waals surface area contributed by atoms with E-state index >= 15 is 0 Å². The molecule has 1 aromatic heterocycles. The lowest BCUT2D eigenvalue weighted by Crippen LogP contribution is -2.07. The van der Waals surface area contributed by atoms with Crippen LogP contribution in [0.2, 0.25) is 0 Å². The van der Waals surface area contributed by atoms with Crippen LogP contribution < -0.4 is 5.73 Å². The maximum atomic E-state index is 12.5. The van der Waals surface area contributed by atoms with Crippen LogP contribution in [-0.4, -0.2) is 10.1 Å². The van der Waals surface area contributed by atoms with Gasteiger partial charge in [-0.05, 0) is 6.07 Å². The molecule has 1 aromatic rings. The molecule has 0 fully saturated rings. The first-order valence-corrected chi connectivity index (χ1v) is 4.15. The molecule has 0 amide bonds. The molecule has 0 atom stereocenters. The first-order chi connectivity index (χ1) is 7.13. The molecule has 1 heterocycles. The average molecular weight is 213 g/mol. The van der Waals surface area contributed by atoms with Crippen molar-refractivity contribution in [3.8, 4) is 6.07 Å². The zero-order chi connectivity index (χ0) is 11.4. The Morgan fingerprint density at radius 1 is 1.60 bits per heavy atom. The molecule has 0 saturated carbocycles. The quantitative estimate of drug-likeness (QED) is 0.779. The highest BCUT2D eigenvalue weighted by atomic mass is 19.3. The third-order valence-corrected chi connectivity index (χ3v) is 1.92. The minimum Gasteiger partial charge on any atom is -0.390 e. The summed E-state index contributed by atoms with van der Waals surface area (Å²) in [5.74, 6) is 0. The van der Waals surface area contributed by atoms with Gasteiger partial charge >= 0.3 is 0 Å². The normalized spacial score (nSPS) is 10.4. The molecule has 0 saturated heterocycles. The number of nitriles is 1. The number of nitrogens with two attached hydrogens (primary N) is 1. The molecule has 80 valence electrons. The number of aliphatic hydroxyl groups is 1. The van der Waals surface area contributed by atoms with E-state index in [1.54, 1.807) is 6.07 Å². The third kappa shape index (κ3) is 2.26. The van der Waals surface area contributed by atoms with Gasteiger partial charge in [0.05, 0.1) is 12.3 Å². The Labute approximate surface area is 85.0 Å². The van der Waals surface area contributed by atoms with E-state index < -0.39 is 13.0 Å². The van der Waals surface area contributed by atoms with Crippen molar-refractivity contribution in [3.63, 3.8) is 0 Å². The molecular formula is C9H9F2N3O. The molecular weight excluding hydrogens is 204 g/mol.